The van der Waals surface area contributed by atoms with Gasteiger partial charge in [-0.1, -0.05) is 0 Å². The minimum atomic E-state index is -1.00. The Kier molecular flexibility index (Phi) is 3.41. The van der Waals surface area contributed by atoms with Crippen LogP contribution in [-0.2, 0) is 14.4 Å². The van der Waals surface area contributed by atoms with Crippen LogP contribution in [0.4, 0.5) is 4.79 Å². The zero-order chi connectivity index (χ0) is 14.0. The highest BCUT2D eigenvalue weighted by Crippen LogP contribution is 2.25. The van der Waals surface area contributed by atoms with Crippen LogP contribution in [-0.4, -0.2) is 52.4 Å². The zero-order valence-electron chi connectivity index (χ0n) is 10.3. The van der Waals surface area contributed by atoms with Crippen molar-refractivity contribution in [3.63, 3.8) is 0 Å². The van der Waals surface area contributed by atoms with Gasteiger partial charge in [0.1, 0.15) is 5.54 Å². The monoisotopic (exact) mass is 269 g/mol. The van der Waals surface area contributed by atoms with E-state index in [0.29, 0.717) is 13.0 Å². The molecule has 0 radical (unpaired) electrons. The molecule has 19 heavy (non-hydrogen) atoms. The predicted octanol–water partition coefficient (Wildman–Crippen LogP) is -0.948. The number of hydrogen-bond acceptors (Lipinski definition) is 4. The summed E-state index contributed by atoms with van der Waals surface area (Å²) in [5.74, 6) is -1.53. The van der Waals surface area contributed by atoms with Gasteiger partial charge in [-0.25, -0.2) is 4.79 Å². The molecule has 2 fully saturated rings. The number of imide groups is 1. The molecule has 0 saturated carbocycles. The van der Waals surface area contributed by atoms with Gasteiger partial charge in [-0.3, -0.25) is 19.7 Å². The summed E-state index contributed by atoms with van der Waals surface area (Å²) < 4.78 is 0. The van der Waals surface area contributed by atoms with Crippen LogP contribution >= 0.6 is 0 Å². The summed E-state index contributed by atoms with van der Waals surface area (Å²) in [6.45, 7) is 0.538. The summed E-state index contributed by atoms with van der Waals surface area (Å²) >= 11 is 0. The molecule has 2 aliphatic rings. The molecular weight excluding hydrogens is 254 g/mol. The Morgan fingerprint density at radius 3 is 2.63 bits per heavy atom. The normalized spacial score (nSPS) is 25.6. The molecule has 8 heteroatoms. The van der Waals surface area contributed by atoms with Crippen molar-refractivity contribution in [3.8, 4) is 0 Å². The van der Waals surface area contributed by atoms with Gasteiger partial charge in [0, 0.05) is 19.4 Å². The van der Waals surface area contributed by atoms with E-state index in [2.05, 4.69) is 10.6 Å². The van der Waals surface area contributed by atoms with E-state index >= 15 is 0 Å². The van der Waals surface area contributed by atoms with Crippen LogP contribution < -0.4 is 10.6 Å². The number of aliphatic carboxylic acids is 1. The van der Waals surface area contributed by atoms with Gasteiger partial charge in [-0.15, -0.1) is 0 Å². The van der Waals surface area contributed by atoms with E-state index in [1.807, 2.05) is 0 Å². The molecule has 4 amide bonds. The number of amides is 4. The van der Waals surface area contributed by atoms with Crippen LogP contribution in [0.1, 0.15) is 25.7 Å². The van der Waals surface area contributed by atoms with Crippen molar-refractivity contribution in [3.05, 3.63) is 0 Å². The maximum absolute atomic E-state index is 11.8. The molecule has 0 aromatic carbocycles. The van der Waals surface area contributed by atoms with E-state index in [-0.39, 0.29) is 31.7 Å². The summed E-state index contributed by atoms with van der Waals surface area (Å²) in [5, 5.41) is 13.2. The molecular formula is C11H15N3O5. The van der Waals surface area contributed by atoms with Gasteiger partial charge in [0.25, 0.3) is 5.91 Å². The van der Waals surface area contributed by atoms with E-state index < -0.39 is 23.4 Å². The van der Waals surface area contributed by atoms with Crippen molar-refractivity contribution < 1.29 is 24.3 Å². The summed E-state index contributed by atoms with van der Waals surface area (Å²) in [4.78, 5) is 46.5. The molecule has 0 aliphatic carbocycles. The maximum atomic E-state index is 11.8. The van der Waals surface area contributed by atoms with Crippen molar-refractivity contribution in [2.75, 3.05) is 13.1 Å². The number of urea groups is 1. The third-order valence-corrected chi connectivity index (χ3v) is 3.42. The zero-order valence-corrected chi connectivity index (χ0v) is 10.3. The first-order valence-corrected chi connectivity index (χ1v) is 6.06. The number of carboxylic acids is 1. The lowest BCUT2D eigenvalue weighted by Gasteiger charge is -2.21. The molecule has 1 unspecified atom stereocenters. The Hall–Kier alpha value is -2.12. The summed E-state index contributed by atoms with van der Waals surface area (Å²) in [6, 6.07) is -0.537. The molecule has 8 nitrogen and oxygen atoms in total. The highest BCUT2D eigenvalue weighted by molar-refractivity contribution is 6.07. The molecule has 2 aliphatic heterocycles. The van der Waals surface area contributed by atoms with E-state index in [0.717, 1.165) is 0 Å². The second-order valence-corrected chi connectivity index (χ2v) is 4.80. The number of carbonyl (C=O) groups excluding carboxylic acids is 3. The van der Waals surface area contributed by atoms with Crippen molar-refractivity contribution in [1.29, 1.82) is 0 Å². The van der Waals surface area contributed by atoms with Gasteiger partial charge in [0.15, 0.2) is 0 Å². The number of likely N-dealkylation sites (tertiary alicyclic amines) is 1. The van der Waals surface area contributed by atoms with Crippen molar-refractivity contribution in [1.82, 2.24) is 15.5 Å². The quantitative estimate of drug-likeness (QED) is 0.569. The maximum Gasteiger partial charge on any atom is 0.322 e. The van der Waals surface area contributed by atoms with Gasteiger partial charge >= 0.3 is 12.0 Å². The molecule has 1 spiro atoms. The van der Waals surface area contributed by atoms with Crippen LogP contribution in [0.25, 0.3) is 0 Å². The van der Waals surface area contributed by atoms with Crippen molar-refractivity contribution in [2.24, 2.45) is 0 Å². The summed E-state index contributed by atoms with van der Waals surface area (Å²) in [7, 11) is 0. The Morgan fingerprint density at radius 1 is 1.32 bits per heavy atom. The molecule has 2 rings (SSSR count). The van der Waals surface area contributed by atoms with E-state index in [4.69, 9.17) is 5.11 Å². The van der Waals surface area contributed by atoms with Gasteiger partial charge in [0.2, 0.25) is 5.91 Å². The molecule has 104 valence electrons. The van der Waals surface area contributed by atoms with Crippen LogP contribution in [0, 0.1) is 0 Å². The van der Waals surface area contributed by atoms with Crippen LogP contribution in [0.5, 0.6) is 0 Å². The van der Waals surface area contributed by atoms with Crippen LogP contribution in [0.15, 0.2) is 0 Å². The van der Waals surface area contributed by atoms with Crippen molar-refractivity contribution >= 4 is 23.8 Å². The molecule has 0 bridgehead atoms. The predicted molar refractivity (Wildman–Crippen MR) is 62.1 cm³/mol. The third kappa shape index (κ3) is 2.67. The molecule has 2 heterocycles. The van der Waals surface area contributed by atoms with Gasteiger partial charge in [0.05, 0.1) is 6.54 Å². The number of nitrogens with one attached hydrogen (secondary N) is 2. The Bertz CT molecular complexity index is 450. The standard InChI is InChI=1S/C11H15N3O5/c15-7(2-1-3-8(16)17)14-5-4-11(6-14)9(18)12-10(19)13-11/h1-6H2,(H,16,17)(H2,12,13,18,19). The topological polar surface area (TPSA) is 116 Å². The average Bonchev–Trinajstić information content (AvgIpc) is 2.84. The first kappa shape index (κ1) is 13.3. The minimum absolute atomic E-state index is 0.0536. The van der Waals surface area contributed by atoms with Gasteiger partial charge < -0.3 is 15.3 Å². The first-order valence-electron chi connectivity index (χ1n) is 6.06. The third-order valence-electron chi connectivity index (χ3n) is 3.42. The highest BCUT2D eigenvalue weighted by Gasteiger charge is 2.51. The first-order chi connectivity index (χ1) is 8.93. The number of carbonyl (C=O) groups is 4. The number of nitrogens with zero attached hydrogens (tertiary/aromatic N) is 1. The Balaban J connectivity index is 1.88. The van der Waals surface area contributed by atoms with E-state index in [1.54, 1.807) is 0 Å². The highest BCUT2D eigenvalue weighted by atomic mass is 16.4. The summed E-state index contributed by atoms with van der Waals surface area (Å²) in [6.07, 6.45) is 0.741. The van der Waals surface area contributed by atoms with Crippen LogP contribution in [0.3, 0.4) is 0 Å². The fraction of sp³-hybridized carbons (Fsp3) is 0.636. The fourth-order valence-electron chi connectivity index (χ4n) is 2.39. The van der Waals surface area contributed by atoms with E-state index in [9.17, 15) is 19.2 Å². The summed E-state index contributed by atoms with van der Waals surface area (Å²) in [5.41, 5.74) is -1.00. The molecule has 0 aromatic rings. The molecule has 3 N–H and O–H groups in total. The lowest BCUT2D eigenvalue weighted by molar-refractivity contribution is -0.137. The molecule has 1 atom stereocenters. The Labute approximate surface area is 109 Å². The van der Waals surface area contributed by atoms with Crippen LogP contribution in [0.2, 0.25) is 0 Å². The van der Waals surface area contributed by atoms with Gasteiger partial charge in [-0.2, -0.15) is 0 Å². The SMILES string of the molecule is O=C(O)CCCC(=O)N1CCC2(C1)NC(=O)NC2=O. The molecule has 0 aromatic heterocycles. The number of rotatable bonds is 4. The van der Waals surface area contributed by atoms with Crippen molar-refractivity contribution in [2.45, 2.75) is 31.2 Å². The smallest absolute Gasteiger partial charge is 0.322 e. The number of carboxylic acid groups (broad SMARTS) is 1. The minimum Gasteiger partial charge on any atom is -0.481 e. The fourth-order valence-corrected chi connectivity index (χ4v) is 2.39. The number of hydrogen-bond donors (Lipinski definition) is 3. The largest absolute Gasteiger partial charge is 0.481 e. The van der Waals surface area contributed by atoms with E-state index in [1.165, 1.54) is 4.90 Å². The molecule has 2 saturated heterocycles. The lowest BCUT2D eigenvalue weighted by Crippen LogP contribution is -2.49. The average molecular weight is 269 g/mol. The van der Waals surface area contributed by atoms with Gasteiger partial charge in [-0.05, 0) is 12.8 Å². The second kappa shape index (κ2) is 4.87. The Morgan fingerprint density at radius 2 is 2.05 bits per heavy atom. The lowest BCUT2D eigenvalue weighted by atomic mass is 9.99. The second-order valence-electron chi connectivity index (χ2n) is 4.80.